The Kier molecular flexibility index (Phi) is 5.83. The number of hydrogen-bond acceptors (Lipinski definition) is 7. The van der Waals surface area contributed by atoms with Gasteiger partial charge in [0.2, 0.25) is 0 Å². The van der Waals surface area contributed by atoms with E-state index >= 15 is 0 Å². The van der Waals surface area contributed by atoms with Crippen LogP contribution < -0.4 is 5.73 Å². The summed E-state index contributed by atoms with van der Waals surface area (Å²) < 4.78 is 46.1. The van der Waals surface area contributed by atoms with Gasteiger partial charge in [-0.3, -0.25) is 14.5 Å². The molecule has 0 bridgehead atoms. The highest BCUT2D eigenvalue weighted by Crippen LogP contribution is 2.38. The molecule has 4 heterocycles. The molecule has 0 radical (unpaired) electrons. The van der Waals surface area contributed by atoms with Gasteiger partial charge in [0.25, 0.3) is 5.91 Å². The second-order valence-corrected chi connectivity index (χ2v) is 8.61. The number of amides is 1. The number of nitrogens with zero attached hydrogens (tertiary/aromatic N) is 6. The minimum atomic E-state index is -4.50. The Morgan fingerprint density at radius 3 is 2.69 bits per heavy atom. The van der Waals surface area contributed by atoms with Crippen molar-refractivity contribution in [3.63, 3.8) is 0 Å². The van der Waals surface area contributed by atoms with E-state index in [1.165, 1.54) is 22.0 Å². The zero-order chi connectivity index (χ0) is 25.6. The van der Waals surface area contributed by atoms with Crippen LogP contribution in [-0.4, -0.2) is 35.5 Å². The third-order valence-electron chi connectivity index (χ3n) is 6.07. The number of carbonyl (C=O) groups is 1. The number of aromatic nitrogens is 5. The number of benzene rings is 1. The van der Waals surface area contributed by atoms with Crippen LogP contribution in [0.1, 0.15) is 51.6 Å². The van der Waals surface area contributed by atoms with E-state index < -0.39 is 11.7 Å². The van der Waals surface area contributed by atoms with Crippen LogP contribution in [0.15, 0.2) is 42.9 Å². The van der Waals surface area contributed by atoms with E-state index in [4.69, 9.17) is 10.5 Å². The molecule has 1 aliphatic heterocycles. The zero-order valence-corrected chi connectivity index (χ0v) is 19.5. The molecule has 12 heteroatoms. The molecule has 5 rings (SSSR count). The van der Waals surface area contributed by atoms with Gasteiger partial charge in [0, 0.05) is 29.8 Å². The summed E-state index contributed by atoms with van der Waals surface area (Å²) in [7, 11) is 1.70. The molecule has 0 fully saturated rings. The second-order valence-electron chi connectivity index (χ2n) is 8.61. The van der Waals surface area contributed by atoms with E-state index in [-0.39, 0.29) is 25.1 Å². The number of fused-ring (bicyclic) bond motifs is 3. The first kappa shape index (κ1) is 23.7. The minimum Gasteiger partial charge on any atom is -0.383 e. The lowest BCUT2D eigenvalue weighted by molar-refractivity contribution is -0.137. The highest BCUT2D eigenvalue weighted by molar-refractivity contribution is 5.99. The zero-order valence-electron chi connectivity index (χ0n) is 19.5. The van der Waals surface area contributed by atoms with Gasteiger partial charge in [0.15, 0.2) is 5.82 Å². The minimum absolute atomic E-state index is 0.0362. The third-order valence-corrected chi connectivity index (χ3v) is 6.07. The molecule has 2 N–H and O–H groups in total. The quantitative estimate of drug-likeness (QED) is 0.446. The number of alkyl halides is 3. The molecule has 1 aromatic carbocycles. The van der Waals surface area contributed by atoms with E-state index in [2.05, 4.69) is 20.1 Å². The molecule has 36 heavy (non-hydrogen) atoms. The summed E-state index contributed by atoms with van der Waals surface area (Å²) in [5.41, 5.74) is 8.29. The lowest BCUT2D eigenvalue weighted by Crippen LogP contribution is -2.31. The van der Waals surface area contributed by atoms with Crippen LogP contribution >= 0.6 is 0 Å². The molecule has 3 aromatic heterocycles. The van der Waals surface area contributed by atoms with Crippen molar-refractivity contribution in [3.8, 4) is 0 Å². The van der Waals surface area contributed by atoms with Gasteiger partial charge in [0.1, 0.15) is 12.1 Å². The number of halogens is 3. The predicted octanol–water partition coefficient (Wildman–Crippen LogP) is 3.79. The third kappa shape index (κ3) is 4.47. The molecule has 0 spiro atoms. The molecule has 0 saturated carbocycles. The van der Waals surface area contributed by atoms with Crippen LogP contribution in [-0.2, 0) is 37.7 Å². The maximum absolute atomic E-state index is 13.6. The maximum atomic E-state index is 13.6. The van der Waals surface area contributed by atoms with Crippen LogP contribution in [0.4, 0.5) is 19.0 Å². The Balaban J connectivity index is 1.50. The summed E-state index contributed by atoms with van der Waals surface area (Å²) in [6.07, 6.45) is -2.43. The van der Waals surface area contributed by atoms with Crippen molar-refractivity contribution in [2.24, 2.45) is 7.05 Å². The molecule has 1 unspecified atom stereocenters. The lowest BCUT2D eigenvalue weighted by atomic mass is 10.00. The predicted molar refractivity (Wildman–Crippen MR) is 123 cm³/mol. The maximum Gasteiger partial charge on any atom is 0.417 e. The monoisotopic (exact) mass is 497 g/mol. The normalized spacial score (nSPS) is 15.3. The first-order valence-corrected chi connectivity index (χ1v) is 11.1. The van der Waals surface area contributed by atoms with Gasteiger partial charge >= 0.3 is 6.18 Å². The van der Waals surface area contributed by atoms with Gasteiger partial charge in [-0.1, -0.05) is 0 Å². The largest absolute Gasteiger partial charge is 0.417 e. The molecule has 9 nitrogen and oxygen atoms in total. The van der Waals surface area contributed by atoms with Gasteiger partial charge in [-0.05, 0) is 42.8 Å². The number of hydrogen-bond donors (Lipinski definition) is 1. The fraction of sp³-hybridized carbons (Fsp3) is 0.292. The highest BCUT2D eigenvalue weighted by atomic mass is 19.4. The summed E-state index contributed by atoms with van der Waals surface area (Å²) in [6.45, 7) is 2.25. The number of nitrogens with two attached hydrogens (primary N) is 1. The van der Waals surface area contributed by atoms with Crippen molar-refractivity contribution in [2.45, 2.75) is 38.9 Å². The van der Waals surface area contributed by atoms with Crippen molar-refractivity contribution in [1.82, 2.24) is 29.6 Å². The summed E-state index contributed by atoms with van der Waals surface area (Å²) in [4.78, 5) is 27.6. The van der Waals surface area contributed by atoms with E-state index in [1.54, 1.807) is 25.2 Å². The number of ether oxygens (including phenoxy) is 1. The molecular weight excluding hydrogens is 475 g/mol. The molecule has 186 valence electrons. The first-order valence-electron chi connectivity index (χ1n) is 11.1. The molecule has 1 aliphatic rings. The van der Waals surface area contributed by atoms with Crippen LogP contribution in [0.5, 0.6) is 0 Å². The van der Waals surface area contributed by atoms with Crippen molar-refractivity contribution >= 4 is 22.6 Å². The molecule has 0 saturated heterocycles. The Bertz CT molecular complexity index is 1450. The van der Waals surface area contributed by atoms with Crippen molar-refractivity contribution in [1.29, 1.82) is 0 Å². The van der Waals surface area contributed by atoms with Gasteiger partial charge in [0.05, 0.1) is 42.6 Å². The molecule has 4 aromatic rings. The topological polar surface area (TPSA) is 112 Å². The standard InChI is InChI=1S/C24H22F3N7O2/c1-13-21-18(11-36-13)17-7-14(3-6-19(17)31-22(21)28)23(35)34(10-20-30-12-33(2)32-20)9-16-5-4-15(8-29-16)24(25,26)27/h3-8,12-13H,9-11H2,1-2H3,(H2,28,31). The average Bonchev–Trinajstić information content (AvgIpc) is 3.43. The van der Waals surface area contributed by atoms with Crippen LogP contribution in [0.2, 0.25) is 0 Å². The van der Waals surface area contributed by atoms with E-state index in [1.807, 2.05) is 6.92 Å². The Labute approximate surface area is 203 Å². The van der Waals surface area contributed by atoms with E-state index in [0.717, 1.165) is 28.8 Å². The van der Waals surface area contributed by atoms with Crippen LogP contribution in [0.3, 0.4) is 0 Å². The van der Waals surface area contributed by atoms with Crippen molar-refractivity contribution in [3.05, 3.63) is 76.6 Å². The van der Waals surface area contributed by atoms with Crippen molar-refractivity contribution < 1.29 is 22.7 Å². The van der Waals surface area contributed by atoms with Gasteiger partial charge in [-0.25, -0.2) is 9.97 Å². The van der Waals surface area contributed by atoms with Crippen LogP contribution in [0, 0.1) is 0 Å². The van der Waals surface area contributed by atoms with E-state index in [0.29, 0.717) is 35.0 Å². The molecular formula is C24H22F3N7O2. The molecule has 1 amide bonds. The average molecular weight is 497 g/mol. The second kappa shape index (κ2) is 8.86. The highest BCUT2D eigenvalue weighted by Gasteiger charge is 2.31. The van der Waals surface area contributed by atoms with Gasteiger partial charge in [-0.15, -0.1) is 0 Å². The summed E-state index contributed by atoms with van der Waals surface area (Å²) >= 11 is 0. The first-order chi connectivity index (χ1) is 17.1. The van der Waals surface area contributed by atoms with E-state index in [9.17, 15) is 18.0 Å². The Morgan fingerprint density at radius 2 is 2.03 bits per heavy atom. The summed E-state index contributed by atoms with van der Waals surface area (Å²) in [5.74, 6) is 0.428. The number of carbonyl (C=O) groups excluding carboxylic acids is 1. The SMILES string of the molecule is CC1OCc2c1c(N)nc1ccc(C(=O)N(Cc3ccc(C(F)(F)F)cn3)Cc3ncn(C)n3)cc21. The van der Waals surface area contributed by atoms with Crippen LogP contribution in [0.25, 0.3) is 10.9 Å². The van der Waals surface area contributed by atoms with Gasteiger partial charge < -0.3 is 15.4 Å². The summed E-state index contributed by atoms with van der Waals surface area (Å²) in [6, 6.07) is 7.30. The fourth-order valence-corrected chi connectivity index (χ4v) is 4.29. The van der Waals surface area contributed by atoms with Crippen molar-refractivity contribution in [2.75, 3.05) is 5.73 Å². The fourth-order valence-electron chi connectivity index (χ4n) is 4.29. The Morgan fingerprint density at radius 1 is 1.22 bits per heavy atom. The van der Waals surface area contributed by atoms with Gasteiger partial charge in [-0.2, -0.15) is 18.3 Å². The molecule has 0 aliphatic carbocycles. The smallest absolute Gasteiger partial charge is 0.383 e. The number of pyridine rings is 2. The number of nitrogen functional groups attached to an aromatic ring is 1. The lowest BCUT2D eigenvalue weighted by Gasteiger charge is -2.22. The molecule has 1 atom stereocenters. The number of rotatable bonds is 5. The summed E-state index contributed by atoms with van der Waals surface area (Å²) in [5, 5.41) is 4.99. The number of anilines is 1. The number of aryl methyl sites for hydroxylation is 1. The Hall–Kier alpha value is -4.06.